The molecule has 0 radical (unpaired) electrons. The topological polar surface area (TPSA) is 28.7 Å². The Kier molecular flexibility index (Phi) is 2.26. The van der Waals surface area contributed by atoms with E-state index in [1.807, 2.05) is 14.1 Å². The van der Waals surface area contributed by atoms with Gasteiger partial charge in [0.2, 0.25) is 0 Å². The van der Waals surface area contributed by atoms with Crippen molar-refractivity contribution in [2.24, 2.45) is 0 Å². The molecule has 0 spiro atoms. The summed E-state index contributed by atoms with van der Waals surface area (Å²) in [6.45, 7) is 3.00. The summed E-state index contributed by atoms with van der Waals surface area (Å²) >= 11 is 1.77. The van der Waals surface area contributed by atoms with Crippen LogP contribution in [0.2, 0.25) is 0 Å². The van der Waals surface area contributed by atoms with Gasteiger partial charge in [0, 0.05) is 25.4 Å². The smallest absolute Gasteiger partial charge is 0.185 e. The molecule has 4 heteroatoms. The molecule has 1 aromatic rings. The zero-order valence-electron chi connectivity index (χ0n) is 8.20. The predicted molar refractivity (Wildman–Crippen MR) is 54.6 cm³/mol. The molecule has 13 heavy (non-hydrogen) atoms. The van der Waals surface area contributed by atoms with Crippen molar-refractivity contribution in [3.8, 4) is 0 Å². The van der Waals surface area contributed by atoms with E-state index in [0.717, 1.165) is 23.9 Å². The van der Waals surface area contributed by atoms with Crippen LogP contribution < -0.4 is 4.90 Å². The monoisotopic (exact) mass is 198 g/mol. The fourth-order valence-corrected chi connectivity index (χ4v) is 2.23. The maximum Gasteiger partial charge on any atom is 0.185 e. The van der Waals surface area contributed by atoms with Crippen molar-refractivity contribution in [2.75, 3.05) is 25.6 Å². The highest BCUT2D eigenvalue weighted by Gasteiger charge is 2.25. The van der Waals surface area contributed by atoms with Crippen molar-refractivity contribution >= 4 is 16.5 Å². The molecule has 3 nitrogen and oxygen atoms in total. The number of nitrogens with zero attached hydrogens (tertiary/aromatic N) is 2. The highest BCUT2D eigenvalue weighted by molar-refractivity contribution is 7.15. The van der Waals surface area contributed by atoms with Crippen molar-refractivity contribution in [1.82, 2.24) is 4.98 Å². The third-order valence-corrected chi connectivity index (χ3v) is 3.43. The molecule has 1 aliphatic rings. The summed E-state index contributed by atoms with van der Waals surface area (Å²) < 4.78 is 5.20. The molecule has 1 atom stereocenters. The lowest BCUT2D eigenvalue weighted by Crippen LogP contribution is -2.07. The number of anilines is 1. The molecule has 0 saturated carbocycles. The van der Waals surface area contributed by atoms with E-state index in [2.05, 4.69) is 16.8 Å². The fourth-order valence-electron chi connectivity index (χ4n) is 1.19. The third kappa shape index (κ3) is 2.00. The fraction of sp³-hybridized carbons (Fsp3) is 0.667. The quantitative estimate of drug-likeness (QED) is 0.688. The molecule has 0 amide bonds. The molecule has 1 aromatic heterocycles. The Hall–Kier alpha value is -0.610. The molecule has 2 heterocycles. The first-order valence-electron chi connectivity index (χ1n) is 4.42. The van der Waals surface area contributed by atoms with Crippen LogP contribution in [0.25, 0.3) is 0 Å². The van der Waals surface area contributed by atoms with Gasteiger partial charge in [-0.1, -0.05) is 0 Å². The van der Waals surface area contributed by atoms with Crippen molar-refractivity contribution < 1.29 is 4.74 Å². The highest BCUT2D eigenvalue weighted by atomic mass is 32.1. The van der Waals surface area contributed by atoms with E-state index in [1.54, 1.807) is 11.3 Å². The second kappa shape index (κ2) is 3.27. The Morgan fingerprint density at radius 2 is 2.31 bits per heavy atom. The van der Waals surface area contributed by atoms with Crippen molar-refractivity contribution in [3.05, 3.63) is 10.6 Å². The minimum absolute atomic E-state index is 0.467. The van der Waals surface area contributed by atoms with Gasteiger partial charge in [0.25, 0.3) is 0 Å². The van der Waals surface area contributed by atoms with E-state index < -0.39 is 0 Å². The van der Waals surface area contributed by atoms with Crippen LogP contribution >= 0.6 is 11.3 Å². The number of rotatable bonds is 3. The molecule has 0 aromatic carbocycles. The molecule has 1 unspecified atom stereocenters. The predicted octanol–water partition coefficient (Wildman–Crippen LogP) is 1.46. The standard InChI is InChI=1S/C9H14N2OS/c1-6-8(4-7-5-12-7)13-9(10-6)11(2)3/h7H,4-5H2,1-3H3. The van der Waals surface area contributed by atoms with E-state index in [0.29, 0.717) is 6.10 Å². The minimum atomic E-state index is 0.467. The number of ether oxygens (including phenoxy) is 1. The van der Waals surface area contributed by atoms with Crippen LogP contribution in [0.4, 0.5) is 5.13 Å². The van der Waals surface area contributed by atoms with Crippen LogP contribution in [0.5, 0.6) is 0 Å². The molecule has 0 N–H and O–H groups in total. The second-order valence-electron chi connectivity index (χ2n) is 3.56. The van der Waals surface area contributed by atoms with Crippen molar-refractivity contribution in [2.45, 2.75) is 19.4 Å². The van der Waals surface area contributed by atoms with Gasteiger partial charge in [0.05, 0.1) is 18.4 Å². The first kappa shape index (κ1) is 8.97. The Morgan fingerprint density at radius 3 is 2.77 bits per heavy atom. The Labute approximate surface area is 82.3 Å². The SMILES string of the molecule is Cc1nc(N(C)C)sc1CC1CO1. The van der Waals surface area contributed by atoms with Crippen LogP contribution in [-0.4, -0.2) is 31.8 Å². The molecule has 2 rings (SSSR count). The van der Waals surface area contributed by atoms with E-state index in [9.17, 15) is 0 Å². The number of thiazole rings is 1. The van der Waals surface area contributed by atoms with Crippen molar-refractivity contribution in [3.63, 3.8) is 0 Å². The molecular formula is C9H14N2OS. The van der Waals surface area contributed by atoms with E-state index >= 15 is 0 Å². The number of hydrogen-bond acceptors (Lipinski definition) is 4. The lowest BCUT2D eigenvalue weighted by atomic mass is 10.2. The first-order chi connectivity index (χ1) is 6.16. The third-order valence-electron chi connectivity index (χ3n) is 2.08. The normalized spacial score (nSPS) is 20.4. The number of hydrogen-bond donors (Lipinski definition) is 0. The minimum Gasteiger partial charge on any atom is -0.373 e. The van der Waals surface area contributed by atoms with Gasteiger partial charge in [-0.15, -0.1) is 11.3 Å². The summed E-state index contributed by atoms with van der Waals surface area (Å²) in [4.78, 5) is 7.90. The lowest BCUT2D eigenvalue weighted by molar-refractivity contribution is 0.408. The van der Waals surface area contributed by atoms with Gasteiger partial charge in [-0.2, -0.15) is 0 Å². The zero-order chi connectivity index (χ0) is 9.42. The van der Waals surface area contributed by atoms with E-state index in [4.69, 9.17) is 4.74 Å². The molecule has 0 bridgehead atoms. The van der Waals surface area contributed by atoms with Crippen LogP contribution in [0, 0.1) is 6.92 Å². The van der Waals surface area contributed by atoms with Crippen LogP contribution in [0.15, 0.2) is 0 Å². The maximum absolute atomic E-state index is 5.20. The van der Waals surface area contributed by atoms with Gasteiger partial charge in [-0.25, -0.2) is 4.98 Å². The summed E-state index contributed by atoms with van der Waals surface area (Å²) in [5.74, 6) is 0. The summed E-state index contributed by atoms with van der Waals surface area (Å²) in [6, 6.07) is 0. The summed E-state index contributed by atoms with van der Waals surface area (Å²) in [5.41, 5.74) is 1.16. The largest absolute Gasteiger partial charge is 0.373 e. The van der Waals surface area contributed by atoms with Gasteiger partial charge in [0.1, 0.15) is 0 Å². The van der Waals surface area contributed by atoms with Gasteiger partial charge in [-0.3, -0.25) is 0 Å². The maximum atomic E-state index is 5.20. The van der Waals surface area contributed by atoms with Crippen LogP contribution in [0.1, 0.15) is 10.6 Å². The molecule has 1 fully saturated rings. The summed E-state index contributed by atoms with van der Waals surface area (Å²) in [7, 11) is 4.05. The van der Waals surface area contributed by atoms with Crippen LogP contribution in [-0.2, 0) is 11.2 Å². The average molecular weight is 198 g/mol. The first-order valence-corrected chi connectivity index (χ1v) is 5.23. The van der Waals surface area contributed by atoms with Gasteiger partial charge in [0.15, 0.2) is 5.13 Å². The van der Waals surface area contributed by atoms with E-state index in [1.165, 1.54) is 4.88 Å². The number of epoxide rings is 1. The molecule has 0 aliphatic carbocycles. The Balaban J connectivity index is 2.14. The summed E-state index contributed by atoms with van der Waals surface area (Å²) in [6.07, 6.45) is 1.51. The molecule has 1 saturated heterocycles. The second-order valence-corrected chi connectivity index (χ2v) is 4.62. The highest BCUT2D eigenvalue weighted by Crippen LogP contribution is 2.28. The molecule has 1 aliphatic heterocycles. The van der Waals surface area contributed by atoms with Crippen LogP contribution in [0.3, 0.4) is 0 Å². The van der Waals surface area contributed by atoms with Gasteiger partial charge in [-0.05, 0) is 6.92 Å². The zero-order valence-corrected chi connectivity index (χ0v) is 9.02. The number of aryl methyl sites for hydroxylation is 1. The van der Waals surface area contributed by atoms with Crippen molar-refractivity contribution in [1.29, 1.82) is 0 Å². The molecule has 72 valence electrons. The Morgan fingerprint density at radius 1 is 1.62 bits per heavy atom. The average Bonchev–Trinajstić information content (AvgIpc) is 2.78. The number of aromatic nitrogens is 1. The lowest BCUT2D eigenvalue weighted by Gasteiger charge is -2.05. The molecular weight excluding hydrogens is 184 g/mol. The van der Waals surface area contributed by atoms with Gasteiger partial charge >= 0.3 is 0 Å². The summed E-state index contributed by atoms with van der Waals surface area (Å²) in [5, 5.41) is 1.09. The Bertz CT molecular complexity index is 305. The van der Waals surface area contributed by atoms with E-state index in [-0.39, 0.29) is 0 Å². The van der Waals surface area contributed by atoms with Gasteiger partial charge < -0.3 is 9.64 Å².